The molecule has 0 saturated carbocycles. The van der Waals surface area contributed by atoms with Gasteiger partial charge in [0.2, 0.25) is 0 Å². The number of nitrogens with one attached hydrogen (secondary N) is 1. The maximum absolute atomic E-state index is 6.85. The van der Waals surface area contributed by atoms with Crippen molar-refractivity contribution in [3.8, 4) is 0 Å². The third-order valence-corrected chi connectivity index (χ3v) is 59.2. The fourth-order valence-corrected chi connectivity index (χ4v) is 21.0. The van der Waals surface area contributed by atoms with E-state index in [2.05, 4.69) is 86.4 Å². The normalized spacial score (nSPS) is 20.4. The van der Waals surface area contributed by atoms with Gasteiger partial charge in [-0.1, -0.05) is 0 Å². The molecule has 0 aromatic heterocycles. The van der Waals surface area contributed by atoms with E-state index in [1.54, 1.807) is 0 Å². The van der Waals surface area contributed by atoms with Crippen LogP contribution in [0.2, 0.25) is 34.0 Å². The average molecular weight is 428 g/mol. The van der Waals surface area contributed by atoms with Gasteiger partial charge >= 0.3 is 131 Å². The van der Waals surface area contributed by atoms with Crippen LogP contribution in [0.15, 0.2) is 52.4 Å². The third-order valence-electron chi connectivity index (χ3n) is 8.40. The van der Waals surface area contributed by atoms with Crippen LogP contribution in [0.25, 0.3) is 0 Å². The van der Waals surface area contributed by atoms with Gasteiger partial charge in [0, 0.05) is 0 Å². The second-order valence-corrected chi connectivity index (χ2v) is 58.6. The number of hydrogen-bond donors (Lipinski definition) is 1. The standard InChI is InChI=1S/C6H6N.C5H5.C2H7Si.CH3O.4CH3.2ClH.Ti/c7-6-4-2-1-3-5-6;1-2-4-5-3-1;1-3-2;1-2;;;;;;;/h1-5,7H;1-3H,4H2;3H,1-2H3;1H3;4*1H3;2*1H;/q-1;;;-1;;;;;;;+2. The van der Waals surface area contributed by atoms with Crippen molar-refractivity contribution < 1.29 is 14.7 Å². The molecule has 0 atom stereocenters. The fraction of sp³-hybridized carbons (Fsp3) is 0.444. The molecule has 0 spiro atoms. The molecule has 0 heterocycles. The van der Waals surface area contributed by atoms with Gasteiger partial charge in [0.05, 0.1) is 0 Å². The molecule has 0 saturated heterocycles. The second-order valence-electron chi connectivity index (χ2n) is 11.9. The SMILES string of the molecule is C[O][Ti]([CH3])([CH3])([CH3])([CH3])([NH]c1ccccc1)([C]1=CC=CC1)[SiH](C)C.Cl.Cl. The topological polar surface area (TPSA) is 21.3 Å². The van der Waals surface area contributed by atoms with Crippen LogP contribution in [0.4, 0.5) is 5.69 Å². The Balaban J connectivity index is 0.00000264. The Hall–Kier alpha value is -0.0288. The predicted molar refractivity (Wildman–Crippen MR) is 116 cm³/mol. The Kier molecular flexibility index (Phi) is 4.81. The number of halogens is 2. The number of hydrogen-bond acceptors (Lipinski definition) is 2. The van der Waals surface area contributed by atoms with Gasteiger partial charge in [0.15, 0.2) is 0 Å². The second kappa shape index (κ2) is 4.82. The van der Waals surface area contributed by atoms with Gasteiger partial charge in [-0.05, 0) is 0 Å². The number of allylic oxidation sites excluding steroid dienone is 4. The fourth-order valence-electron chi connectivity index (χ4n) is 3.79. The summed E-state index contributed by atoms with van der Waals surface area (Å²) < 4.78 is 12.4. The smallest absolute Gasteiger partial charge is 0.147 e. The zero-order valence-electron chi connectivity index (χ0n) is 16.1. The molecule has 24 heavy (non-hydrogen) atoms. The first-order chi connectivity index (χ1) is 9.73. The largest absolute Gasteiger partial charge is 0.147 e. The minimum absolute atomic E-state index is 0. The van der Waals surface area contributed by atoms with E-state index >= 15 is 0 Å². The third kappa shape index (κ3) is 2.78. The van der Waals surface area contributed by atoms with E-state index in [1.165, 1.54) is 3.88 Å². The number of anilines is 1. The first-order valence-electron chi connectivity index (χ1n) is 8.43. The minimum atomic E-state index is -5.06. The van der Waals surface area contributed by atoms with E-state index in [4.69, 9.17) is 3.32 Å². The summed E-state index contributed by atoms with van der Waals surface area (Å²) in [6, 6.07) is 10.5. The number of rotatable bonds is 5. The molecule has 0 bridgehead atoms. The van der Waals surface area contributed by atoms with E-state index in [1.807, 2.05) is 7.11 Å². The molecular weight excluding hydrogens is 393 g/mol. The van der Waals surface area contributed by atoms with Gasteiger partial charge in [-0.25, -0.2) is 0 Å². The van der Waals surface area contributed by atoms with Gasteiger partial charge in [-0.3, -0.25) is 0 Å². The van der Waals surface area contributed by atoms with Crippen LogP contribution in [0.3, 0.4) is 0 Å². The molecular formula is C18H35Cl2NOSiTi. The van der Waals surface area contributed by atoms with Crippen molar-refractivity contribution in [2.45, 2.75) is 40.4 Å². The van der Waals surface area contributed by atoms with Gasteiger partial charge < -0.3 is 0 Å². The first-order valence-corrected chi connectivity index (χ1v) is 22.5. The van der Waals surface area contributed by atoms with Gasteiger partial charge in [-0.15, -0.1) is 24.8 Å². The maximum atomic E-state index is 6.85. The number of benzene rings is 1. The van der Waals surface area contributed by atoms with Crippen molar-refractivity contribution in [2.24, 2.45) is 0 Å². The van der Waals surface area contributed by atoms with E-state index < -0.39 is 18.0 Å². The van der Waals surface area contributed by atoms with Crippen LogP contribution in [0.1, 0.15) is 6.42 Å². The molecule has 2 nitrogen and oxygen atoms in total. The summed E-state index contributed by atoms with van der Waals surface area (Å²) in [6.45, 7) is 3.48. The van der Waals surface area contributed by atoms with E-state index in [9.17, 15) is 0 Å². The zero-order chi connectivity index (χ0) is 16.9. The van der Waals surface area contributed by atoms with Gasteiger partial charge in [0.1, 0.15) is 0 Å². The monoisotopic (exact) mass is 427 g/mol. The van der Waals surface area contributed by atoms with Crippen molar-refractivity contribution >= 4 is 37.2 Å². The Morgan fingerprint density at radius 1 is 1.00 bits per heavy atom. The molecule has 0 radical (unpaired) electrons. The summed E-state index contributed by atoms with van der Waals surface area (Å²) in [4.78, 5) is 0. The molecule has 1 aromatic carbocycles. The summed E-state index contributed by atoms with van der Waals surface area (Å²) in [5.74, 6) is 0. The van der Waals surface area contributed by atoms with E-state index in [-0.39, 0.29) is 24.8 Å². The maximum Gasteiger partial charge on any atom is -0.147 e. The molecule has 0 unspecified atom stereocenters. The van der Waals surface area contributed by atoms with Crippen LogP contribution >= 0.6 is 24.8 Å². The van der Waals surface area contributed by atoms with Crippen molar-refractivity contribution in [3.05, 3.63) is 52.4 Å². The summed E-state index contributed by atoms with van der Waals surface area (Å²) in [5, 5.41) is 9.76. The number of para-hydroxylation sites is 1. The zero-order valence-corrected chi connectivity index (χ0v) is 20.5. The molecule has 0 fully saturated rings. The van der Waals surface area contributed by atoms with Crippen molar-refractivity contribution in [1.82, 2.24) is 0 Å². The predicted octanol–water partition coefficient (Wildman–Crippen LogP) is 6.73. The van der Waals surface area contributed by atoms with Crippen LogP contribution in [0.5, 0.6) is 0 Å². The molecule has 2 rings (SSSR count). The van der Waals surface area contributed by atoms with Gasteiger partial charge in [-0.2, -0.15) is 0 Å². The first kappa shape index (κ1) is 24.0. The van der Waals surface area contributed by atoms with Crippen molar-refractivity contribution in [2.75, 3.05) is 10.9 Å². The minimum Gasteiger partial charge on any atom is -0.147 e. The summed E-state index contributed by atoms with van der Waals surface area (Å²) >= 11 is -5.06. The average Bonchev–Trinajstić information content (AvgIpc) is 2.96. The molecule has 140 valence electrons. The van der Waals surface area contributed by atoms with Crippen molar-refractivity contribution in [3.63, 3.8) is 0 Å². The van der Waals surface area contributed by atoms with Crippen molar-refractivity contribution in [1.29, 1.82) is 0 Å². The Labute approximate surface area is 155 Å². The molecule has 1 aliphatic carbocycles. The van der Waals surface area contributed by atoms with Crippen LogP contribution in [-0.4, -0.2) is 13.8 Å². The van der Waals surface area contributed by atoms with Gasteiger partial charge in [0.25, 0.3) is 0 Å². The molecule has 1 aliphatic rings. The summed E-state index contributed by atoms with van der Waals surface area (Å²) in [7, 11) is 1.92. The molecule has 0 aliphatic heterocycles. The summed E-state index contributed by atoms with van der Waals surface area (Å²) in [5.41, 5.74) is 1.15. The van der Waals surface area contributed by atoms with Crippen LogP contribution < -0.4 is 3.80 Å². The Morgan fingerprint density at radius 3 is 1.92 bits per heavy atom. The quantitative estimate of drug-likeness (QED) is 0.525. The Morgan fingerprint density at radius 2 is 1.54 bits per heavy atom. The molecule has 1 aromatic rings. The van der Waals surface area contributed by atoms with E-state index in [0.717, 1.165) is 12.1 Å². The van der Waals surface area contributed by atoms with Crippen LogP contribution in [0, 0.1) is 0 Å². The van der Waals surface area contributed by atoms with E-state index in [0.29, 0.717) is 0 Å². The molecule has 1 N–H and O–H groups in total. The summed E-state index contributed by atoms with van der Waals surface area (Å²) in [6.07, 6.45) is 7.70. The molecule has 0 amide bonds. The molecule has 6 heteroatoms. The Bertz CT molecular complexity index is 739. The van der Waals surface area contributed by atoms with Crippen LogP contribution in [-0.2, 0) is 14.7 Å².